The van der Waals surface area contributed by atoms with Crippen molar-refractivity contribution in [3.05, 3.63) is 94.5 Å². The van der Waals surface area contributed by atoms with Gasteiger partial charge in [0.1, 0.15) is 18.2 Å². The Labute approximate surface area is 180 Å². The van der Waals surface area contributed by atoms with E-state index in [9.17, 15) is 10.1 Å². The predicted octanol–water partition coefficient (Wildman–Crippen LogP) is 5.47. The average molecular weight is 419 g/mol. The van der Waals surface area contributed by atoms with Crippen LogP contribution in [-0.4, -0.2) is 13.0 Å². The van der Waals surface area contributed by atoms with Crippen LogP contribution in [0, 0.1) is 11.3 Å². The molecule has 0 heterocycles. The molecule has 3 rings (SSSR count). The van der Waals surface area contributed by atoms with Crippen LogP contribution in [0.25, 0.3) is 6.08 Å². The van der Waals surface area contributed by atoms with Gasteiger partial charge in [-0.1, -0.05) is 60.1 Å². The molecule has 0 aliphatic rings. The second-order valence-electron chi connectivity index (χ2n) is 6.29. The third-order valence-electron chi connectivity index (χ3n) is 4.22. The van der Waals surface area contributed by atoms with Crippen LogP contribution < -0.4 is 14.8 Å². The molecule has 0 aliphatic heterocycles. The lowest BCUT2D eigenvalue weighted by molar-refractivity contribution is -0.112. The lowest BCUT2D eigenvalue weighted by Crippen LogP contribution is -2.13. The number of rotatable bonds is 7. The van der Waals surface area contributed by atoms with E-state index < -0.39 is 5.91 Å². The number of nitrogens with one attached hydrogen (secondary N) is 1. The topological polar surface area (TPSA) is 71.3 Å². The standard InChI is InChI=1S/C24H19ClN2O3/c1-29-23-14-18(11-12-22(23)30-16-17-7-3-2-4-8-17)13-19(15-26)24(28)27-21-10-6-5-9-20(21)25/h2-14H,16H2,1H3,(H,27,28)/b19-13-. The van der Waals surface area contributed by atoms with Crippen molar-refractivity contribution in [3.63, 3.8) is 0 Å². The SMILES string of the molecule is COc1cc(/C=C(/C#N)C(=O)Nc2ccccc2Cl)ccc1OCc1ccccc1. The van der Waals surface area contributed by atoms with E-state index in [0.717, 1.165) is 5.56 Å². The van der Waals surface area contributed by atoms with Crippen LogP contribution in [0.3, 0.4) is 0 Å². The molecule has 150 valence electrons. The van der Waals surface area contributed by atoms with Gasteiger partial charge < -0.3 is 14.8 Å². The molecule has 0 aliphatic carbocycles. The number of hydrogen-bond acceptors (Lipinski definition) is 4. The normalized spacial score (nSPS) is 10.8. The number of hydrogen-bond donors (Lipinski definition) is 1. The number of anilines is 1. The van der Waals surface area contributed by atoms with Gasteiger partial charge in [-0.3, -0.25) is 4.79 Å². The van der Waals surface area contributed by atoms with Crippen LogP contribution in [0.2, 0.25) is 5.02 Å². The molecule has 1 amide bonds. The smallest absolute Gasteiger partial charge is 0.266 e. The largest absolute Gasteiger partial charge is 0.493 e. The van der Waals surface area contributed by atoms with Gasteiger partial charge in [0.25, 0.3) is 5.91 Å². The van der Waals surface area contributed by atoms with E-state index in [1.165, 1.54) is 13.2 Å². The maximum Gasteiger partial charge on any atom is 0.266 e. The lowest BCUT2D eigenvalue weighted by Gasteiger charge is -2.12. The van der Waals surface area contributed by atoms with Gasteiger partial charge in [-0.15, -0.1) is 0 Å². The molecule has 0 unspecified atom stereocenters. The Morgan fingerprint density at radius 1 is 1.07 bits per heavy atom. The molecule has 0 fully saturated rings. The highest BCUT2D eigenvalue weighted by Gasteiger charge is 2.12. The maximum absolute atomic E-state index is 12.5. The van der Waals surface area contributed by atoms with E-state index in [1.54, 1.807) is 42.5 Å². The monoisotopic (exact) mass is 418 g/mol. The van der Waals surface area contributed by atoms with Crippen molar-refractivity contribution in [2.45, 2.75) is 6.61 Å². The van der Waals surface area contributed by atoms with E-state index in [-0.39, 0.29) is 5.57 Å². The number of benzene rings is 3. The molecular weight excluding hydrogens is 400 g/mol. The number of nitriles is 1. The molecule has 0 saturated heterocycles. The highest BCUT2D eigenvalue weighted by atomic mass is 35.5. The number of carbonyl (C=O) groups excluding carboxylic acids is 1. The minimum Gasteiger partial charge on any atom is -0.493 e. The molecule has 0 saturated carbocycles. The van der Waals surface area contributed by atoms with E-state index >= 15 is 0 Å². The number of carbonyl (C=O) groups is 1. The Balaban J connectivity index is 1.76. The molecule has 6 heteroatoms. The zero-order chi connectivity index (χ0) is 21.3. The average Bonchev–Trinajstić information content (AvgIpc) is 2.78. The third kappa shape index (κ3) is 5.40. The number of nitrogens with zero attached hydrogens (tertiary/aromatic N) is 1. The number of halogens is 1. The second kappa shape index (κ2) is 10.1. The Hall–Kier alpha value is -3.75. The molecule has 3 aromatic carbocycles. The highest BCUT2D eigenvalue weighted by molar-refractivity contribution is 6.34. The maximum atomic E-state index is 12.5. The van der Waals surface area contributed by atoms with Crippen LogP contribution in [0.5, 0.6) is 11.5 Å². The number of amides is 1. The van der Waals surface area contributed by atoms with Gasteiger partial charge in [-0.25, -0.2) is 0 Å². The fourth-order valence-electron chi connectivity index (χ4n) is 2.70. The zero-order valence-electron chi connectivity index (χ0n) is 16.3. The second-order valence-corrected chi connectivity index (χ2v) is 6.70. The minimum absolute atomic E-state index is 0.0603. The van der Waals surface area contributed by atoms with Gasteiger partial charge in [0.15, 0.2) is 11.5 Å². The molecule has 0 bridgehead atoms. The summed E-state index contributed by atoms with van der Waals surface area (Å²) in [5.41, 5.74) is 2.04. The van der Waals surface area contributed by atoms with Crippen LogP contribution in [0.15, 0.2) is 78.4 Å². The van der Waals surface area contributed by atoms with Gasteiger partial charge in [0, 0.05) is 0 Å². The minimum atomic E-state index is -0.547. The van der Waals surface area contributed by atoms with Crippen molar-refractivity contribution in [3.8, 4) is 17.6 Å². The molecule has 0 aromatic heterocycles. The van der Waals surface area contributed by atoms with Crippen molar-refractivity contribution in [1.29, 1.82) is 5.26 Å². The Morgan fingerprint density at radius 3 is 2.50 bits per heavy atom. The van der Waals surface area contributed by atoms with E-state index in [4.69, 9.17) is 21.1 Å². The Morgan fingerprint density at radius 2 is 1.80 bits per heavy atom. The summed E-state index contributed by atoms with van der Waals surface area (Å²) in [4.78, 5) is 12.5. The highest BCUT2D eigenvalue weighted by Crippen LogP contribution is 2.30. The molecule has 30 heavy (non-hydrogen) atoms. The Bertz CT molecular complexity index is 1100. The van der Waals surface area contributed by atoms with Gasteiger partial charge in [0.2, 0.25) is 0 Å². The summed E-state index contributed by atoms with van der Waals surface area (Å²) in [6.45, 7) is 0.399. The van der Waals surface area contributed by atoms with Crippen molar-refractivity contribution in [2.75, 3.05) is 12.4 Å². The summed E-state index contributed by atoms with van der Waals surface area (Å²) in [5, 5.41) is 12.5. The first-order valence-corrected chi connectivity index (χ1v) is 9.51. The fraction of sp³-hybridized carbons (Fsp3) is 0.0833. The van der Waals surface area contributed by atoms with Crippen molar-refractivity contribution < 1.29 is 14.3 Å². The van der Waals surface area contributed by atoms with Crippen LogP contribution in [0.1, 0.15) is 11.1 Å². The summed E-state index contributed by atoms with van der Waals surface area (Å²) in [7, 11) is 1.54. The van der Waals surface area contributed by atoms with Crippen molar-refractivity contribution in [2.24, 2.45) is 0 Å². The molecule has 0 radical (unpaired) electrons. The summed E-state index contributed by atoms with van der Waals surface area (Å²) < 4.78 is 11.2. The summed E-state index contributed by atoms with van der Waals surface area (Å²) in [5.74, 6) is 0.523. The zero-order valence-corrected chi connectivity index (χ0v) is 17.0. The molecule has 1 N–H and O–H groups in total. The Kier molecular flexibility index (Phi) is 7.09. The number of para-hydroxylation sites is 1. The first kappa shape index (κ1) is 21.0. The van der Waals surface area contributed by atoms with Crippen LogP contribution in [0.4, 0.5) is 5.69 Å². The third-order valence-corrected chi connectivity index (χ3v) is 4.55. The molecule has 0 spiro atoms. The van der Waals surface area contributed by atoms with Crippen molar-refractivity contribution in [1.82, 2.24) is 0 Å². The van der Waals surface area contributed by atoms with Crippen LogP contribution in [-0.2, 0) is 11.4 Å². The van der Waals surface area contributed by atoms with Gasteiger partial charge in [-0.2, -0.15) is 5.26 Å². The van der Waals surface area contributed by atoms with Gasteiger partial charge in [0.05, 0.1) is 17.8 Å². The summed E-state index contributed by atoms with van der Waals surface area (Å²) >= 11 is 6.06. The first-order valence-electron chi connectivity index (χ1n) is 9.13. The molecule has 5 nitrogen and oxygen atoms in total. The molecule has 0 atom stereocenters. The summed E-state index contributed by atoms with van der Waals surface area (Å²) in [6.07, 6.45) is 1.48. The van der Waals surface area contributed by atoms with E-state index in [1.807, 2.05) is 36.4 Å². The van der Waals surface area contributed by atoms with Gasteiger partial charge in [-0.05, 0) is 41.5 Å². The molecule has 3 aromatic rings. The number of methoxy groups -OCH3 is 1. The van der Waals surface area contributed by atoms with Crippen LogP contribution >= 0.6 is 11.6 Å². The summed E-state index contributed by atoms with van der Waals surface area (Å²) in [6, 6.07) is 23.7. The predicted molar refractivity (Wildman–Crippen MR) is 117 cm³/mol. The van der Waals surface area contributed by atoms with Crippen molar-refractivity contribution >= 4 is 29.3 Å². The van der Waals surface area contributed by atoms with E-state index in [0.29, 0.717) is 34.4 Å². The molecular formula is C24H19ClN2O3. The quantitative estimate of drug-likeness (QED) is 0.407. The lowest BCUT2D eigenvalue weighted by atomic mass is 10.1. The fourth-order valence-corrected chi connectivity index (χ4v) is 2.88. The van der Waals surface area contributed by atoms with Gasteiger partial charge >= 0.3 is 0 Å². The first-order chi connectivity index (χ1) is 14.6. The number of ether oxygens (including phenoxy) is 2. The van der Waals surface area contributed by atoms with E-state index in [2.05, 4.69) is 5.32 Å².